The molecular formula is C12H22Cl2N4O. The quantitative estimate of drug-likeness (QED) is 0.915. The van der Waals surface area contributed by atoms with E-state index in [-0.39, 0.29) is 36.8 Å². The summed E-state index contributed by atoms with van der Waals surface area (Å²) < 4.78 is 1.77. The first-order chi connectivity index (χ1) is 8.11. The Morgan fingerprint density at radius 3 is 2.68 bits per heavy atom. The lowest BCUT2D eigenvalue weighted by Crippen LogP contribution is -2.41. The summed E-state index contributed by atoms with van der Waals surface area (Å²) in [5, 5.41) is 4.31. The Labute approximate surface area is 126 Å². The number of nitrogens with two attached hydrogens (primary N) is 1. The van der Waals surface area contributed by atoms with Crippen LogP contribution in [0.15, 0.2) is 6.07 Å². The Hall–Kier alpha value is -0.780. The molecule has 0 aliphatic carbocycles. The molecule has 1 aliphatic heterocycles. The van der Waals surface area contributed by atoms with E-state index < -0.39 is 0 Å². The number of aromatic nitrogens is 2. The first kappa shape index (κ1) is 18.2. The maximum atomic E-state index is 12.2. The van der Waals surface area contributed by atoms with Gasteiger partial charge in [0.05, 0.1) is 5.69 Å². The predicted molar refractivity (Wildman–Crippen MR) is 80.0 cm³/mol. The molecule has 5 nitrogen and oxygen atoms in total. The fourth-order valence-corrected chi connectivity index (χ4v) is 2.46. The van der Waals surface area contributed by atoms with Gasteiger partial charge in [0.15, 0.2) is 0 Å². The van der Waals surface area contributed by atoms with E-state index in [1.54, 1.807) is 4.68 Å². The van der Waals surface area contributed by atoms with Gasteiger partial charge in [0, 0.05) is 24.8 Å². The van der Waals surface area contributed by atoms with Crippen LogP contribution in [-0.4, -0.2) is 39.7 Å². The molecule has 0 saturated carbocycles. The monoisotopic (exact) mass is 308 g/mol. The van der Waals surface area contributed by atoms with Crippen LogP contribution in [0.2, 0.25) is 0 Å². The molecule has 0 radical (unpaired) electrons. The Morgan fingerprint density at radius 2 is 2.16 bits per heavy atom. The number of aryl methyl sites for hydroxylation is 2. The Balaban J connectivity index is 0.00000162. The minimum Gasteiger partial charge on any atom is -0.337 e. The van der Waals surface area contributed by atoms with E-state index in [9.17, 15) is 4.79 Å². The molecule has 0 spiro atoms. The first-order valence-electron chi connectivity index (χ1n) is 6.12. The Morgan fingerprint density at radius 1 is 1.47 bits per heavy atom. The van der Waals surface area contributed by atoms with Crippen molar-refractivity contribution in [2.75, 3.05) is 13.1 Å². The number of halogens is 2. The van der Waals surface area contributed by atoms with Crippen LogP contribution in [0.4, 0.5) is 0 Å². The molecule has 1 atom stereocenters. The SMILES string of the molecule is Cc1cc(C)n(CC(=O)N2CCCC2CN)n1.Cl.Cl. The van der Waals surface area contributed by atoms with Gasteiger partial charge in [-0.25, -0.2) is 0 Å². The van der Waals surface area contributed by atoms with Crippen molar-refractivity contribution in [1.82, 2.24) is 14.7 Å². The van der Waals surface area contributed by atoms with E-state index in [0.717, 1.165) is 30.8 Å². The third-order valence-electron chi connectivity index (χ3n) is 3.36. The molecule has 1 aromatic heterocycles. The van der Waals surface area contributed by atoms with Crippen LogP contribution in [0.5, 0.6) is 0 Å². The second-order valence-corrected chi connectivity index (χ2v) is 4.70. The molecule has 1 aliphatic rings. The summed E-state index contributed by atoms with van der Waals surface area (Å²) in [5.41, 5.74) is 7.65. The highest BCUT2D eigenvalue weighted by molar-refractivity contribution is 5.85. The van der Waals surface area contributed by atoms with Crippen LogP contribution in [-0.2, 0) is 11.3 Å². The van der Waals surface area contributed by atoms with Crippen molar-refractivity contribution >= 4 is 30.7 Å². The topological polar surface area (TPSA) is 64.2 Å². The number of amides is 1. The van der Waals surface area contributed by atoms with Gasteiger partial charge in [-0.3, -0.25) is 9.48 Å². The van der Waals surface area contributed by atoms with Gasteiger partial charge in [-0.2, -0.15) is 5.10 Å². The lowest BCUT2D eigenvalue weighted by Gasteiger charge is -2.23. The van der Waals surface area contributed by atoms with Gasteiger partial charge in [0.1, 0.15) is 6.54 Å². The molecule has 7 heteroatoms. The lowest BCUT2D eigenvalue weighted by atomic mass is 10.2. The number of hydrogen-bond acceptors (Lipinski definition) is 3. The third kappa shape index (κ3) is 4.09. The normalized spacial score (nSPS) is 17.8. The van der Waals surface area contributed by atoms with E-state index in [1.807, 2.05) is 24.8 Å². The molecule has 1 amide bonds. The van der Waals surface area contributed by atoms with Crippen molar-refractivity contribution in [1.29, 1.82) is 0 Å². The van der Waals surface area contributed by atoms with Gasteiger partial charge in [0.25, 0.3) is 0 Å². The van der Waals surface area contributed by atoms with Crippen molar-refractivity contribution in [3.8, 4) is 0 Å². The van der Waals surface area contributed by atoms with E-state index in [0.29, 0.717) is 13.1 Å². The van der Waals surface area contributed by atoms with Gasteiger partial charge in [-0.05, 0) is 32.8 Å². The van der Waals surface area contributed by atoms with E-state index in [1.165, 1.54) is 0 Å². The Kier molecular flexibility index (Phi) is 7.41. The number of nitrogens with zero attached hydrogens (tertiary/aromatic N) is 3. The molecule has 1 fully saturated rings. The number of rotatable bonds is 3. The van der Waals surface area contributed by atoms with Gasteiger partial charge in [-0.15, -0.1) is 24.8 Å². The van der Waals surface area contributed by atoms with Crippen molar-refractivity contribution in [3.63, 3.8) is 0 Å². The first-order valence-corrected chi connectivity index (χ1v) is 6.12. The zero-order valence-electron chi connectivity index (χ0n) is 11.3. The van der Waals surface area contributed by atoms with Crippen LogP contribution in [0.25, 0.3) is 0 Å². The zero-order valence-corrected chi connectivity index (χ0v) is 13.0. The van der Waals surface area contributed by atoms with E-state index in [4.69, 9.17) is 5.73 Å². The van der Waals surface area contributed by atoms with Crippen LogP contribution in [0.1, 0.15) is 24.2 Å². The van der Waals surface area contributed by atoms with Crippen LogP contribution in [0.3, 0.4) is 0 Å². The summed E-state index contributed by atoms with van der Waals surface area (Å²) in [5.74, 6) is 0.129. The van der Waals surface area contributed by atoms with Gasteiger partial charge in [0.2, 0.25) is 5.91 Å². The standard InChI is InChI=1S/C12H20N4O.2ClH/c1-9-6-10(2)16(14-9)8-12(17)15-5-3-4-11(15)7-13;;/h6,11H,3-5,7-8,13H2,1-2H3;2*1H. The van der Waals surface area contributed by atoms with E-state index in [2.05, 4.69) is 5.10 Å². The molecule has 19 heavy (non-hydrogen) atoms. The third-order valence-corrected chi connectivity index (χ3v) is 3.36. The van der Waals surface area contributed by atoms with Gasteiger partial charge in [-0.1, -0.05) is 0 Å². The van der Waals surface area contributed by atoms with Crippen molar-refractivity contribution < 1.29 is 4.79 Å². The molecule has 1 aromatic rings. The molecular weight excluding hydrogens is 287 g/mol. The number of carbonyl (C=O) groups excluding carboxylic acids is 1. The van der Waals surface area contributed by atoms with Crippen molar-refractivity contribution in [3.05, 3.63) is 17.5 Å². The smallest absolute Gasteiger partial charge is 0.244 e. The van der Waals surface area contributed by atoms with Crippen LogP contribution < -0.4 is 5.73 Å². The molecule has 0 bridgehead atoms. The van der Waals surface area contributed by atoms with Crippen molar-refractivity contribution in [2.24, 2.45) is 5.73 Å². The van der Waals surface area contributed by atoms with Crippen molar-refractivity contribution in [2.45, 2.75) is 39.3 Å². The average Bonchev–Trinajstić information content (AvgIpc) is 2.85. The second kappa shape index (κ2) is 7.72. The second-order valence-electron chi connectivity index (χ2n) is 4.70. The highest BCUT2D eigenvalue weighted by atomic mass is 35.5. The minimum absolute atomic E-state index is 0. The number of carbonyl (C=O) groups is 1. The molecule has 110 valence electrons. The van der Waals surface area contributed by atoms with Gasteiger partial charge < -0.3 is 10.6 Å². The van der Waals surface area contributed by atoms with Crippen LogP contribution in [0, 0.1) is 13.8 Å². The molecule has 2 rings (SSSR count). The molecule has 1 unspecified atom stereocenters. The molecule has 0 aromatic carbocycles. The number of hydrogen-bond donors (Lipinski definition) is 1. The molecule has 1 saturated heterocycles. The van der Waals surface area contributed by atoms with E-state index >= 15 is 0 Å². The fourth-order valence-electron chi connectivity index (χ4n) is 2.46. The summed E-state index contributed by atoms with van der Waals surface area (Å²) in [6.45, 7) is 5.63. The fraction of sp³-hybridized carbons (Fsp3) is 0.667. The predicted octanol–water partition coefficient (Wildman–Crippen LogP) is 1.29. The summed E-state index contributed by atoms with van der Waals surface area (Å²) in [4.78, 5) is 14.1. The average molecular weight is 309 g/mol. The largest absolute Gasteiger partial charge is 0.337 e. The Bertz CT molecular complexity index is 422. The summed E-state index contributed by atoms with van der Waals surface area (Å²) >= 11 is 0. The minimum atomic E-state index is 0. The number of likely N-dealkylation sites (tertiary alicyclic amines) is 1. The molecule has 2 heterocycles. The van der Waals surface area contributed by atoms with Crippen LogP contribution >= 0.6 is 24.8 Å². The molecule has 2 N–H and O–H groups in total. The zero-order chi connectivity index (χ0) is 12.4. The highest BCUT2D eigenvalue weighted by Crippen LogP contribution is 2.16. The summed E-state index contributed by atoms with van der Waals surface area (Å²) in [6, 6.07) is 2.21. The summed E-state index contributed by atoms with van der Waals surface area (Å²) in [6.07, 6.45) is 2.09. The maximum Gasteiger partial charge on any atom is 0.244 e. The highest BCUT2D eigenvalue weighted by Gasteiger charge is 2.27. The van der Waals surface area contributed by atoms with Gasteiger partial charge >= 0.3 is 0 Å². The maximum absolute atomic E-state index is 12.2. The summed E-state index contributed by atoms with van der Waals surface area (Å²) in [7, 11) is 0. The lowest BCUT2D eigenvalue weighted by molar-refractivity contribution is -0.132.